The fraction of sp³-hybridized carbons (Fsp3) is 0.556. The predicted molar refractivity (Wildman–Crippen MR) is 88.6 cm³/mol. The summed E-state index contributed by atoms with van der Waals surface area (Å²) in [5.74, 6) is -0.536. The Hall–Kier alpha value is -1.91. The molecule has 1 aliphatic heterocycles. The van der Waals surface area contributed by atoms with Crippen molar-refractivity contribution in [3.63, 3.8) is 0 Å². The van der Waals surface area contributed by atoms with E-state index in [9.17, 15) is 14.0 Å². The van der Waals surface area contributed by atoms with E-state index in [1.54, 1.807) is 6.07 Å². The summed E-state index contributed by atoms with van der Waals surface area (Å²) in [6, 6.07) is 4.23. The normalized spacial score (nSPS) is 17.2. The van der Waals surface area contributed by atoms with Crippen LogP contribution >= 0.6 is 0 Å². The maximum atomic E-state index is 13.4. The van der Waals surface area contributed by atoms with E-state index in [-0.39, 0.29) is 18.2 Å². The third-order valence-electron chi connectivity index (χ3n) is 3.84. The van der Waals surface area contributed by atoms with Gasteiger partial charge >= 0.3 is 0 Å². The van der Waals surface area contributed by atoms with Gasteiger partial charge < -0.3 is 10.2 Å². The molecule has 5 heteroatoms. The molecule has 2 rings (SSSR count). The average molecular weight is 320 g/mol. The van der Waals surface area contributed by atoms with E-state index in [0.717, 1.165) is 0 Å². The third kappa shape index (κ3) is 4.30. The van der Waals surface area contributed by atoms with Crippen LogP contribution in [0.1, 0.15) is 45.6 Å². The molecule has 4 nitrogen and oxygen atoms in total. The highest BCUT2D eigenvalue weighted by Gasteiger charge is 2.34. The van der Waals surface area contributed by atoms with Crippen LogP contribution < -0.4 is 5.32 Å². The number of halogens is 1. The smallest absolute Gasteiger partial charge is 0.230 e. The lowest BCUT2D eigenvalue weighted by molar-refractivity contribution is -0.136. The van der Waals surface area contributed by atoms with Crippen molar-refractivity contribution in [2.24, 2.45) is 11.8 Å². The van der Waals surface area contributed by atoms with E-state index in [4.69, 9.17) is 0 Å². The summed E-state index contributed by atoms with van der Waals surface area (Å²) >= 11 is 0. The number of nitrogens with one attached hydrogen (secondary N) is 1. The van der Waals surface area contributed by atoms with Crippen molar-refractivity contribution in [3.05, 3.63) is 29.6 Å². The Morgan fingerprint density at radius 3 is 2.43 bits per heavy atom. The summed E-state index contributed by atoms with van der Waals surface area (Å²) in [4.78, 5) is 26.8. The van der Waals surface area contributed by atoms with E-state index >= 15 is 0 Å². The second kappa shape index (κ2) is 7.11. The van der Waals surface area contributed by atoms with Crippen LogP contribution in [0.4, 0.5) is 10.1 Å². The molecule has 0 radical (unpaired) electrons. The number of carbonyl (C=O) groups excluding carboxylic acids is 2. The zero-order chi connectivity index (χ0) is 17.1. The Kier molecular flexibility index (Phi) is 5.39. The Labute approximate surface area is 137 Å². The lowest BCUT2D eigenvalue weighted by Crippen LogP contribution is -2.42. The van der Waals surface area contributed by atoms with Crippen LogP contribution in [0, 0.1) is 17.7 Å². The van der Waals surface area contributed by atoms with Gasteiger partial charge in [0.05, 0.1) is 5.92 Å². The Morgan fingerprint density at radius 1 is 1.26 bits per heavy atom. The minimum Gasteiger partial charge on any atom is -0.342 e. The quantitative estimate of drug-likeness (QED) is 0.904. The van der Waals surface area contributed by atoms with Crippen molar-refractivity contribution in [2.45, 2.75) is 40.0 Å². The summed E-state index contributed by atoms with van der Waals surface area (Å²) in [5.41, 5.74) is 1.11. The monoisotopic (exact) mass is 320 g/mol. The molecule has 0 aliphatic carbocycles. The molecule has 1 N–H and O–H groups in total. The second-order valence-corrected chi connectivity index (χ2v) is 7.07. The maximum absolute atomic E-state index is 13.4. The van der Waals surface area contributed by atoms with Gasteiger partial charge in [-0.05, 0) is 29.5 Å². The molecular formula is C18H25FN2O2. The minimum atomic E-state index is -0.531. The molecule has 1 unspecified atom stereocenters. The van der Waals surface area contributed by atoms with Gasteiger partial charge in [0, 0.05) is 25.2 Å². The molecule has 1 aliphatic rings. The number of carbonyl (C=O) groups is 2. The largest absolute Gasteiger partial charge is 0.342 e. The number of nitrogens with zero attached hydrogens (tertiary/aromatic N) is 1. The van der Waals surface area contributed by atoms with Crippen LogP contribution in [0.3, 0.4) is 0 Å². The van der Waals surface area contributed by atoms with Crippen LogP contribution in [-0.2, 0) is 9.59 Å². The SMILES string of the molecule is CC(C)CN(CC(C)C)C(=O)C1CC(=O)Nc2cc(F)ccc21. The Morgan fingerprint density at radius 2 is 1.87 bits per heavy atom. The Bertz CT molecular complexity index is 589. The maximum Gasteiger partial charge on any atom is 0.230 e. The summed E-state index contributed by atoms with van der Waals surface area (Å²) in [5, 5.41) is 2.66. The molecule has 0 spiro atoms. The molecule has 1 heterocycles. The van der Waals surface area contributed by atoms with E-state index in [1.165, 1.54) is 12.1 Å². The number of hydrogen-bond acceptors (Lipinski definition) is 2. The van der Waals surface area contributed by atoms with Crippen molar-refractivity contribution in [3.8, 4) is 0 Å². The van der Waals surface area contributed by atoms with E-state index < -0.39 is 11.7 Å². The molecule has 0 bridgehead atoms. The first-order chi connectivity index (χ1) is 10.8. The van der Waals surface area contributed by atoms with Crippen molar-refractivity contribution in [1.82, 2.24) is 4.90 Å². The fourth-order valence-corrected chi connectivity index (χ4v) is 3.01. The Balaban J connectivity index is 2.31. The first-order valence-corrected chi connectivity index (χ1v) is 8.16. The summed E-state index contributed by atoms with van der Waals surface area (Å²) < 4.78 is 13.4. The second-order valence-electron chi connectivity index (χ2n) is 7.07. The zero-order valence-electron chi connectivity index (χ0n) is 14.2. The number of rotatable bonds is 5. The molecule has 0 aromatic heterocycles. The molecule has 1 aromatic rings. The fourth-order valence-electron chi connectivity index (χ4n) is 3.01. The zero-order valence-corrected chi connectivity index (χ0v) is 14.2. The lowest BCUT2D eigenvalue weighted by atomic mass is 9.88. The summed E-state index contributed by atoms with van der Waals surface area (Å²) in [6.45, 7) is 9.58. The van der Waals surface area contributed by atoms with E-state index in [2.05, 4.69) is 33.0 Å². The molecular weight excluding hydrogens is 295 g/mol. The molecule has 1 atom stereocenters. The number of amides is 2. The van der Waals surface area contributed by atoms with Gasteiger partial charge in [-0.2, -0.15) is 0 Å². The molecule has 0 fully saturated rings. The molecule has 2 amide bonds. The van der Waals surface area contributed by atoms with Crippen LogP contribution in [0.15, 0.2) is 18.2 Å². The van der Waals surface area contributed by atoms with Gasteiger partial charge in [-0.3, -0.25) is 9.59 Å². The van der Waals surface area contributed by atoms with Gasteiger partial charge in [-0.25, -0.2) is 4.39 Å². The average Bonchev–Trinajstić information content (AvgIpc) is 2.43. The predicted octanol–water partition coefficient (Wildman–Crippen LogP) is 3.39. The van der Waals surface area contributed by atoms with Gasteiger partial charge in [0.15, 0.2) is 0 Å². The first-order valence-electron chi connectivity index (χ1n) is 8.16. The van der Waals surface area contributed by atoms with Crippen molar-refractivity contribution in [1.29, 1.82) is 0 Å². The van der Waals surface area contributed by atoms with Crippen LogP contribution in [0.2, 0.25) is 0 Å². The molecule has 126 valence electrons. The highest BCUT2D eigenvalue weighted by molar-refractivity contribution is 6.01. The van der Waals surface area contributed by atoms with Gasteiger partial charge in [0.2, 0.25) is 11.8 Å². The van der Waals surface area contributed by atoms with Crippen molar-refractivity contribution >= 4 is 17.5 Å². The van der Waals surface area contributed by atoms with E-state index in [1.807, 2.05) is 4.90 Å². The van der Waals surface area contributed by atoms with Crippen molar-refractivity contribution < 1.29 is 14.0 Å². The van der Waals surface area contributed by atoms with Gasteiger partial charge in [-0.1, -0.05) is 33.8 Å². The third-order valence-corrected chi connectivity index (χ3v) is 3.84. The summed E-state index contributed by atoms with van der Waals surface area (Å²) in [6.07, 6.45) is 0.115. The topological polar surface area (TPSA) is 49.4 Å². The standard InChI is InChI=1S/C18H25FN2O2/c1-11(2)9-21(10-12(3)4)18(23)15-8-17(22)20-16-7-13(19)5-6-14(15)16/h5-7,11-12,15H,8-10H2,1-4H3,(H,20,22). The minimum absolute atomic E-state index is 0.0462. The highest BCUT2D eigenvalue weighted by atomic mass is 19.1. The number of hydrogen-bond donors (Lipinski definition) is 1. The number of benzene rings is 1. The van der Waals surface area contributed by atoms with Crippen LogP contribution in [-0.4, -0.2) is 29.8 Å². The van der Waals surface area contributed by atoms with Crippen LogP contribution in [0.25, 0.3) is 0 Å². The lowest BCUT2D eigenvalue weighted by Gasteiger charge is -2.32. The number of anilines is 1. The molecule has 0 saturated heterocycles. The number of fused-ring (bicyclic) bond motifs is 1. The van der Waals surface area contributed by atoms with Crippen LogP contribution in [0.5, 0.6) is 0 Å². The van der Waals surface area contributed by atoms with E-state index in [0.29, 0.717) is 36.2 Å². The molecule has 1 aromatic carbocycles. The first kappa shape index (κ1) is 17.4. The summed E-state index contributed by atoms with van der Waals surface area (Å²) in [7, 11) is 0. The van der Waals surface area contributed by atoms with Gasteiger partial charge in [0.25, 0.3) is 0 Å². The van der Waals surface area contributed by atoms with Gasteiger partial charge in [-0.15, -0.1) is 0 Å². The highest BCUT2D eigenvalue weighted by Crippen LogP contribution is 2.34. The molecule has 0 saturated carbocycles. The van der Waals surface area contributed by atoms with Gasteiger partial charge in [0.1, 0.15) is 5.82 Å². The molecule has 23 heavy (non-hydrogen) atoms. The van der Waals surface area contributed by atoms with Crippen molar-refractivity contribution in [2.75, 3.05) is 18.4 Å².